The maximum atomic E-state index is 12.2. The van der Waals surface area contributed by atoms with E-state index < -0.39 is 0 Å². The lowest BCUT2D eigenvalue weighted by Gasteiger charge is -2.24. The highest BCUT2D eigenvalue weighted by molar-refractivity contribution is 5.78. The number of aromatic nitrogens is 2. The van der Waals surface area contributed by atoms with Gasteiger partial charge in [0.15, 0.2) is 5.82 Å². The molecule has 0 aromatic carbocycles. The van der Waals surface area contributed by atoms with Crippen molar-refractivity contribution < 1.29 is 9.32 Å². The highest BCUT2D eigenvalue weighted by Crippen LogP contribution is 2.30. The van der Waals surface area contributed by atoms with Crippen molar-refractivity contribution in [3.8, 4) is 6.07 Å². The van der Waals surface area contributed by atoms with E-state index in [0.717, 1.165) is 19.4 Å². The van der Waals surface area contributed by atoms with Gasteiger partial charge < -0.3 is 9.42 Å². The molecule has 0 bridgehead atoms. The van der Waals surface area contributed by atoms with E-state index in [1.54, 1.807) is 11.9 Å². The molecule has 1 aromatic heterocycles. The fourth-order valence-electron chi connectivity index (χ4n) is 2.56. The van der Waals surface area contributed by atoms with Crippen LogP contribution in [0, 0.1) is 11.3 Å². The molecule has 22 heavy (non-hydrogen) atoms. The summed E-state index contributed by atoms with van der Waals surface area (Å²) in [5.74, 6) is 1.54. The van der Waals surface area contributed by atoms with Crippen LogP contribution in [0.4, 0.5) is 0 Å². The highest BCUT2D eigenvalue weighted by Gasteiger charge is 2.32. The average molecular weight is 305 g/mol. The second kappa shape index (κ2) is 7.36. The summed E-state index contributed by atoms with van der Waals surface area (Å²) < 4.78 is 5.27. The minimum Gasteiger partial charge on any atom is -0.344 e. The lowest BCUT2D eigenvalue weighted by molar-refractivity contribution is -0.131. The number of likely N-dealkylation sites (N-methyl/N-ethyl adjacent to an activating group) is 1. The third kappa shape index (κ3) is 3.83. The maximum Gasteiger partial charge on any atom is 0.236 e. The molecule has 1 amide bonds. The van der Waals surface area contributed by atoms with Gasteiger partial charge >= 0.3 is 0 Å². The monoisotopic (exact) mass is 305 g/mol. The van der Waals surface area contributed by atoms with Crippen LogP contribution in [0.15, 0.2) is 4.52 Å². The summed E-state index contributed by atoms with van der Waals surface area (Å²) >= 11 is 0. The molecule has 120 valence electrons. The largest absolute Gasteiger partial charge is 0.344 e. The number of hydrogen-bond acceptors (Lipinski definition) is 6. The first kappa shape index (κ1) is 16.4. The third-order valence-corrected chi connectivity index (χ3v) is 3.94. The second-order valence-electron chi connectivity index (χ2n) is 6.00. The van der Waals surface area contributed by atoms with E-state index in [1.807, 2.05) is 13.8 Å². The fourth-order valence-corrected chi connectivity index (χ4v) is 2.56. The molecule has 7 nitrogen and oxygen atoms in total. The molecule has 2 heterocycles. The quantitative estimate of drug-likeness (QED) is 0.795. The van der Waals surface area contributed by atoms with E-state index in [2.05, 4.69) is 21.1 Å². The molecule has 1 unspecified atom stereocenters. The van der Waals surface area contributed by atoms with Crippen molar-refractivity contribution in [1.82, 2.24) is 19.9 Å². The first-order valence-electron chi connectivity index (χ1n) is 7.71. The lowest BCUT2D eigenvalue weighted by Crippen LogP contribution is -2.38. The summed E-state index contributed by atoms with van der Waals surface area (Å²) in [6.07, 6.45) is 2.31. The normalized spacial score (nSPS) is 18.6. The van der Waals surface area contributed by atoms with Crippen molar-refractivity contribution >= 4 is 5.91 Å². The van der Waals surface area contributed by atoms with Crippen LogP contribution in [0.25, 0.3) is 0 Å². The Hall–Kier alpha value is -1.94. The first-order chi connectivity index (χ1) is 10.5. The molecule has 0 spiro atoms. The van der Waals surface area contributed by atoms with Gasteiger partial charge in [0.05, 0.1) is 25.1 Å². The van der Waals surface area contributed by atoms with Crippen molar-refractivity contribution in [3.63, 3.8) is 0 Å². The van der Waals surface area contributed by atoms with E-state index in [1.165, 1.54) is 0 Å². The van der Waals surface area contributed by atoms with Crippen LogP contribution < -0.4 is 0 Å². The van der Waals surface area contributed by atoms with Gasteiger partial charge in [0.1, 0.15) is 0 Å². The number of carbonyl (C=O) groups is 1. The van der Waals surface area contributed by atoms with Gasteiger partial charge in [0.2, 0.25) is 11.8 Å². The lowest BCUT2D eigenvalue weighted by atomic mass is 10.2. The Kier molecular flexibility index (Phi) is 5.50. The van der Waals surface area contributed by atoms with Crippen LogP contribution in [0.2, 0.25) is 0 Å². The Morgan fingerprint density at radius 3 is 3.00 bits per heavy atom. The van der Waals surface area contributed by atoms with E-state index >= 15 is 0 Å². The predicted molar refractivity (Wildman–Crippen MR) is 79.8 cm³/mol. The van der Waals surface area contributed by atoms with E-state index in [0.29, 0.717) is 31.2 Å². The van der Waals surface area contributed by atoms with Crippen LogP contribution in [-0.4, -0.2) is 52.5 Å². The van der Waals surface area contributed by atoms with Gasteiger partial charge in [0, 0.05) is 19.5 Å². The zero-order valence-electron chi connectivity index (χ0n) is 13.4. The van der Waals surface area contributed by atoms with Gasteiger partial charge in [-0.3, -0.25) is 9.69 Å². The minimum atomic E-state index is 0.0229. The molecule has 0 saturated carbocycles. The molecule has 1 atom stereocenters. The van der Waals surface area contributed by atoms with Crippen molar-refractivity contribution in [2.24, 2.45) is 0 Å². The van der Waals surface area contributed by atoms with Gasteiger partial charge in [-0.1, -0.05) is 19.0 Å². The molecule has 1 aromatic rings. The molecule has 7 heteroatoms. The van der Waals surface area contributed by atoms with Gasteiger partial charge in [-0.25, -0.2) is 0 Å². The maximum absolute atomic E-state index is 12.2. The van der Waals surface area contributed by atoms with Crippen LogP contribution in [0.3, 0.4) is 0 Å². The number of carbonyl (C=O) groups excluding carboxylic acids is 1. The van der Waals surface area contributed by atoms with E-state index in [9.17, 15) is 4.79 Å². The second-order valence-corrected chi connectivity index (χ2v) is 6.00. The van der Waals surface area contributed by atoms with Gasteiger partial charge in [-0.05, 0) is 19.4 Å². The molecule has 0 N–H and O–H groups in total. The first-order valence-corrected chi connectivity index (χ1v) is 7.71. The summed E-state index contributed by atoms with van der Waals surface area (Å²) in [6.45, 7) is 5.68. The Balaban J connectivity index is 1.98. The highest BCUT2D eigenvalue weighted by atomic mass is 16.5. The molecular weight excluding hydrogens is 282 g/mol. The SMILES string of the molecule is CC(C)c1nc(C2CCCN2CC(=O)N(C)CCC#N)no1. The summed E-state index contributed by atoms with van der Waals surface area (Å²) in [5.41, 5.74) is 0. The molecular formula is C15H23N5O2. The smallest absolute Gasteiger partial charge is 0.236 e. The molecule has 1 saturated heterocycles. The Bertz CT molecular complexity index is 548. The summed E-state index contributed by atoms with van der Waals surface area (Å²) in [7, 11) is 1.73. The van der Waals surface area contributed by atoms with Crippen molar-refractivity contribution in [3.05, 3.63) is 11.7 Å². The Labute approximate surface area is 130 Å². The Morgan fingerprint density at radius 2 is 2.36 bits per heavy atom. The van der Waals surface area contributed by atoms with Crippen LogP contribution in [-0.2, 0) is 4.79 Å². The molecule has 2 rings (SSSR count). The molecule has 1 aliphatic rings. The molecule has 1 fully saturated rings. The third-order valence-electron chi connectivity index (χ3n) is 3.94. The zero-order chi connectivity index (χ0) is 16.1. The molecule has 1 aliphatic heterocycles. The number of likely N-dealkylation sites (tertiary alicyclic amines) is 1. The Morgan fingerprint density at radius 1 is 1.59 bits per heavy atom. The van der Waals surface area contributed by atoms with Crippen LogP contribution >= 0.6 is 0 Å². The summed E-state index contributed by atoms with van der Waals surface area (Å²) in [4.78, 5) is 20.4. The molecule has 0 radical (unpaired) electrons. The van der Waals surface area contributed by atoms with Crippen LogP contribution in [0.1, 0.15) is 56.8 Å². The number of nitrogens with zero attached hydrogens (tertiary/aromatic N) is 5. The number of nitriles is 1. The average Bonchev–Trinajstić information content (AvgIpc) is 3.12. The predicted octanol–water partition coefficient (Wildman–Crippen LogP) is 1.70. The molecule has 0 aliphatic carbocycles. The fraction of sp³-hybridized carbons (Fsp3) is 0.733. The van der Waals surface area contributed by atoms with Gasteiger partial charge in [-0.15, -0.1) is 0 Å². The van der Waals surface area contributed by atoms with Crippen LogP contribution in [0.5, 0.6) is 0 Å². The summed E-state index contributed by atoms with van der Waals surface area (Å²) in [6, 6.07) is 2.10. The minimum absolute atomic E-state index is 0.0229. The topological polar surface area (TPSA) is 86.3 Å². The van der Waals surface area contributed by atoms with Crippen molar-refractivity contribution in [1.29, 1.82) is 5.26 Å². The summed E-state index contributed by atoms with van der Waals surface area (Å²) in [5, 5.41) is 12.7. The van der Waals surface area contributed by atoms with E-state index in [-0.39, 0.29) is 17.9 Å². The van der Waals surface area contributed by atoms with Gasteiger partial charge in [0.25, 0.3) is 0 Å². The van der Waals surface area contributed by atoms with E-state index in [4.69, 9.17) is 9.78 Å². The number of amides is 1. The zero-order valence-corrected chi connectivity index (χ0v) is 13.4. The van der Waals surface area contributed by atoms with Gasteiger partial charge in [-0.2, -0.15) is 10.2 Å². The standard InChI is InChI=1S/C15H23N5O2/c1-11(2)15-17-14(18-22-15)12-6-4-9-20(12)10-13(21)19(3)8-5-7-16/h11-12H,4-6,8-10H2,1-3H3. The van der Waals surface area contributed by atoms with Crippen molar-refractivity contribution in [2.45, 2.75) is 45.1 Å². The number of hydrogen-bond donors (Lipinski definition) is 0. The number of rotatable bonds is 6. The van der Waals surface area contributed by atoms with Crippen molar-refractivity contribution in [2.75, 3.05) is 26.7 Å².